The van der Waals surface area contributed by atoms with E-state index in [0.717, 1.165) is 71.3 Å². The van der Waals surface area contributed by atoms with E-state index in [1.807, 2.05) is 4.90 Å². The van der Waals surface area contributed by atoms with Crippen LogP contribution in [0.15, 0.2) is 4.99 Å². The van der Waals surface area contributed by atoms with Crippen molar-refractivity contribution in [2.75, 3.05) is 59.0 Å². The van der Waals surface area contributed by atoms with Gasteiger partial charge in [0.25, 0.3) is 0 Å². The molecule has 2 heterocycles. The number of nitrogens with one attached hydrogen (secondary N) is 2. The number of hydrogen-bond donors (Lipinski definition) is 2. The van der Waals surface area contributed by atoms with Crippen molar-refractivity contribution in [3.63, 3.8) is 0 Å². The number of likely N-dealkylation sites (tertiary alicyclic amines) is 1. The van der Waals surface area contributed by atoms with Crippen LogP contribution >= 0.6 is 0 Å². The van der Waals surface area contributed by atoms with Crippen molar-refractivity contribution in [2.24, 2.45) is 10.9 Å². The predicted octanol–water partition coefficient (Wildman–Crippen LogP) is 1.30. The van der Waals surface area contributed by atoms with Gasteiger partial charge in [-0.05, 0) is 25.7 Å². The highest BCUT2D eigenvalue weighted by molar-refractivity contribution is 5.85. The van der Waals surface area contributed by atoms with Crippen molar-refractivity contribution in [3.05, 3.63) is 0 Å². The summed E-state index contributed by atoms with van der Waals surface area (Å²) in [6.07, 6.45) is 4.57. The Morgan fingerprint density at radius 2 is 1.70 bits per heavy atom. The summed E-state index contributed by atoms with van der Waals surface area (Å²) in [5, 5.41) is 6.79. The van der Waals surface area contributed by atoms with Gasteiger partial charge in [-0.2, -0.15) is 0 Å². The second kappa shape index (κ2) is 12.2. The van der Waals surface area contributed by atoms with Crippen LogP contribution in [-0.4, -0.2) is 86.7 Å². The lowest BCUT2D eigenvalue weighted by atomic mass is 9.92. The molecule has 2 fully saturated rings. The quantitative estimate of drug-likeness (QED) is 0.465. The van der Waals surface area contributed by atoms with Crippen LogP contribution in [0.2, 0.25) is 0 Å². The van der Waals surface area contributed by atoms with Gasteiger partial charge in [-0.25, -0.2) is 4.99 Å². The fourth-order valence-corrected chi connectivity index (χ4v) is 4.09. The Morgan fingerprint density at radius 1 is 1.04 bits per heavy atom. The van der Waals surface area contributed by atoms with Gasteiger partial charge in [-0.3, -0.25) is 9.69 Å². The highest BCUT2D eigenvalue weighted by Gasteiger charge is 2.27. The van der Waals surface area contributed by atoms with Crippen LogP contribution in [0.25, 0.3) is 0 Å². The normalized spacial score (nSPS) is 20.1. The van der Waals surface area contributed by atoms with Crippen molar-refractivity contribution >= 4 is 11.9 Å². The second-order valence-corrected chi connectivity index (χ2v) is 7.46. The van der Waals surface area contributed by atoms with Crippen molar-refractivity contribution in [2.45, 2.75) is 52.5 Å². The van der Waals surface area contributed by atoms with Gasteiger partial charge in [0.15, 0.2) is 5.96 Å². The lowest BCUT2D eigenvalue weighted by molar-refractivity contribution is -0.128. The predicted molar refractivity (Wildman–Crippen MR) is 110 cm³/mol. The average molecular weight is 382 g/mol. The van der Waals surface area contributed by atoms with Crippen molar-refractivity contribution in [1.29, 1.82) is 0 Å². The monoisotopic (exact) mass is 381 g/mol. The Morgan fingerprint density at radius 3 is 2.30 bits per heavy atom. The molecule has 0 aromatic heterocycles. The zero-order valence-corrected chi connectivity index (χ0v) is 17.5. The van der Waals surface area contributed by atoms with Crippen LogP contribution in [0.4, 0.5) is 0 Å². The topological polar surface area (TPSA) is 69.2 Å². The van der Waals surface area contributed by atoms with E-state index in [1.54, 1.807) is 0 Å². The fourth-order valence-electron chi connectivity index (χ4n) is 4.09. The number of aliphatic imine (C=N–C) groups is 1. The maximum absolute atomic E-state index is 12.3. The molecule has 0 aromatic carbocycles. The third kappa shape index (κ3) is 6.96. The second-order valence-electron chi connectivity index (χ2n) is 7.46. The average Bonchev–Trinajstić information content (AvgIpc) is 3.24. The van der Waals surface area contributed by atoms with E-state index >= 15 is 0 Å². The number of hydrogen-bond acceptors (Lipinski definition) is 4. The molecule has 0 aromatic rings. The lowest BCUT2D eigenvalue weighted by Gasteiger charge is -2.39. The van der Waals surface area contributed by atoms with Gasteiger partial charge in [-0.15, -0.1) is 0 Å². The van der Waals surface area contributed by atoms with E-state index in [9.17, 15) is 4.79 Å². The molecule has 1 unspecified atom stereocenters. The number of nitrogens with zero attached hydrogens (tertiary/aromatic N) is 3. The Kier molecular flexibility index (Phi) is 9.91. The van der Waals surface area contributed by atoms with Gasteiger partial charge in [0.05, 0.1) is 13.2 Å². The first-order valence-corrected chi connectivity index (χ1v) is 10.8. The molecule has 0 bridgehead atoms. The van der Waals surface area contributed by atoms with Crippen molar-refractivity contribution in [1.82, 2.24) is 20.4 Å². The maximum Gasteiger partial charge on any atom is 0.244 e. The van der Waals surface area contributed by atoms with Gasteiger partial charge >= 0.3 is 0 Å². The molecule has 2 saturated heterocycles. The summed E-state index contributed by atoms with van der Waals surface area (Å²) in [6, 6.07) is 0.460. The van der Waals surface area contributed by atoms with Gasteiger partial charge in [-0.1, -0.05) is 26.7 Å². The number of rotatable bonds is 9. The molecule has 0 spiro atoms. The Bertz CT molecular complexity index is 455. The van der Waals surface area contributed by atoms with Crippen LogP contribution in [0.3, 0.4) is 0 Å². The smallest absolute Gasteiger partial charge is 0.244 e. The molecule has 2 N–H and O–H groups in total. The van der Waals surface area contributed by atoms with E-state index in [4.69, 9.17) is 4.74 Å². The van der Waals surface area contributed by atoms with Crippen molar-refractivity contribution in [3.8, 4) is 0 Å². The van der Waals surface area contributed by atoms with Gasteiger partial charge in [0.1, 0.15) is 6.54 Å². The number of carbonyl (C=O) groups excluding carboxylic acids is 1. The first-order chi connectivity index (χ1) is 13.2. The van der Waals surface area contributed by atoms with E-state index in [1.165, 1.54) is 12.8 Å². The first kappa shape index (κ1) is 22.0. The number of ether oxygens (including phenoxy) is 1. The summed E-state index contributed by atoms with van der Waals surface area (Å²) < 4.78 is 5.53. The van der Waals surface area contributed by atoms with Gasteiger partial charge in [0.2, 0.25) is 5.91 Å². The summed E-state index contributed by atoms with van der Waals surface area (Å²) >= 11 is 0. The molecule has 2 aliphatic heterocycles. The van der Waals surface area contributed by atoms with E-state index in [-0.39, 0.29) is 12.5 Å². The molecule has 0 saturated carbocycles. The number of morpholine rings is 1. The molecule has 1 amide bonds. The van der Waals surface area contributed by atoms with Crippen LogP contribution in [0, 0.1) is 5.92 Å². The summed E-state index contributed by atoms with van der Waals surface area (Å²) in [7, 11) is 0. The Labute approximate surface area is 164 Å². The molecular weight excluding hydrogens is 342 g/mol. The molecule has 0 radical (unpaired) electrons. The first-order valence-electron chi connectivity index (χ1n) is 10.8. The fraction of sp³-hybridized carbons (Fsp3) is 0.900. The standard InChI is InChI=1S/C20H39N5O2/c1-4-17(5-2)18(24-11-13-27-14-12-24)15-22-20(21-6-3)23-16-19(26)25-9-7-8-10-25/h17-18H,4-16H2,1-3H3,(H2,21,22,23). The zero-order valence-electron chi connectivity index (χ0n) is 17.5. The highest BCUT2D eigenvalue weighted by Crippen LogP contribution is 2.19. The molecule has 2 aliphatic rings. The molecule has 1 atom stereocenters. The van der Waals surface area contributed by atoms with E-state index in [2.05, 4.69) is 41.3 Å². The molecular formula is C20H39N5O2. The SMILES string of the molecule is CCNC(=NCC(=O)N1CCCC1)NCC(C(CC)CC)N1CCOCC1. The van der Waals surface area contributed by atoms with Crippen LogP contribution < -0.4 is 10.6 Å². The third-order valence-corrected chi connectivity index (χ3v) is 5.76. The summed E-state index contributed by atoms with van der Waals surface area (Å²) in [6.45, 7) is 13.8. The lowest BCUT2D eigenvalue weighted by Crippen LogP contribution is -2.53. The molecule has 27 heavy (non-hydrogen) atoms. The minimum Gasteiger partial charge on any atom is -0.379 e. The molecule has 0 aliphatic carbocycles. The van der Waals surface area contributed by atoms with Crippen LogP contribution in [-0.2, 0) is 9.53 Å². The maximum atomic E-state index is 12.3. The van der Waals surface area contributed by atoms with E-state index < -0.39 is 0 Å². The number of amides is 1. The molecule has 7 nitrogen and oxygen atoms in total. The third-order valence-electron chi connectivity index (χ3n) is 5.76. The molecule has 156 valence electrons. The highest BCUT2D eigenvalue weighted by atomic mass is 16.5. The Hall–Kier alpha value is -1.34. The molecule has 2 rings (SSSR count). The Balaban J connectivity index is 1.94. The van der Waals surface area contributed by atoms with Crippen molar-refractivity contribution < 1.29 is 9.53 Å². The largest absolute Gasteiger partial charge is 0.379 e. The van der Waals surface area contributed by atoms with E-state index in [0.29, 0.717) is 12.0 Å². The van der Waals surface area contributed by atoms with Crippen LogP contribution in [0.1, 0.15) is 46.5 Å². The summed E-state index contributed by atoms with van der Waals surface area (Å²) in [5.74, 6) is 1.52. The summed E-state index contributed by atoms with van der Waals surface area (Å²) in [5.41, 5.74) is 0. The van der Waals surface area contributed by atoms with Gasteiger partial charge in [0, 0.05) is 45.3 Å². The summed E-state index contributed by atoms with van der Waals surface area (Å²) in [4.78, 5) is 21.3. The number of guanidine groups is 1. The zero-order chi connectivity index (χ0) is 19.5. The van der Waals surface area contributed by atoms with Crippen LogP contribution in [0.5, 0.6) is 0 Å². The molecule has 7 heteroatoms. The minimum atomic E-state index is 0.134. The van der Waals surface area contributed by atoms with Gasteiger partial charge < -0.3 is 20.3 Å². The number of carbonyl (C=O) groups is 1. The minimum absolute atomic E-state index is 0.134.